The Bertz CT molecular complexity index is 775. The van der Waals surface area contributed by atoms with Crippen LogP contribution in [0.25, 0.3) is 0 Å². The molecule has 2 aromatic rings. The first kappa shape index (κ1) is 19.7. The fraction of sp³-hybridized carbons (Fsp3) is 0.421. The number of nitrogens with zero attached hydrogens (tertiary/aromatic N) is 3. The van der Waals surface area contributed by atoms with E-state index in [0.29, 0.717) is 35.1 Å². The summed E-state index contributed by atoms with van der Waals surface area (Å²) in [4.78, 5) is 31.0. The fourth-order valence-electron chi connectivity index (χ4n) is 3.29. The second-order valence-electron chi connectivity index (χ2n) is 6.61. The predicted molar refractivity (Wildman–Crippen MR) is 105 cm³/mol. The number of nitrogens with one attached hydrogen (secondary N) is 1. The molecule has 8 heteroatoms. The molecule has 1 saturated heterocycles. The average molecular weight is 409 g/mol. The van der Waals surface area contributed by atoms with E-state index in [2.05, 4.69) is 10.3 Å². The maximum Gasteiger partial charge on any atom is 0.254 e. The Labute approximate surface area is 168 Å². The summed E-state index contributed by atoms with van der Waals surface area (Å²) >= 11 is 12.0. The van der Waals surface area contributed by atoms with Crippen molar-refractivity contribution in [3.8, 4) is 0 Å². The van der Waals surface area contributed by atoms with E-state index in [9.17, 15) is 9.59 Å². The summed E-state index contributed by atoms with van der Waals surface area (Å²) in [5.74, 6) is -0.311. The Morgan fingerprint density at radius 2 is 1.96 bits per heavy atom. The van der Waals surface area contributed by atoms with Crippen molar-refractivity contribution in [2.24, 2.45) is 0 Å². The summed E-state index contributed by atoms with van der Waals surface area (Å²) in [6.45, 7) is 2.02. The molecular weight excluding hydrogens is 387 g/mol. The molecule has 1 aromatic heterocycles. The van der Waals surface area contributed by atoms with Crippen LogP contribution in [0.4, 0.5) is 0 Å². The zero-order valence-corrected chi connectivity index (χ0v) is 16.4. The highest BCUT2D eigenvalue weighted by molar-refractivity contribution is 6.35. The number of carbonyl (C=O) groups is 2. The van der Waals surface area contributed by atoms with Crippen LogP contribution in [0.3, 0.4) is 0 Å². The molecular formula is C19H22Cl2N4O2. The number of rotatable bonds is 7. The van der Waals surface area contributed by atoms with Gasteiger partial charge in [-0.25, -0.2) is 4.98 Å². The second kappa shape index (κ2) is 9.24. The van der Waals surface area contributed by atoms with Crippen LogP contribution in [0, 0.1) is 0 Å². The monoisotopic (exact) mass is 408 g/mol. The number of carbonyl (C=O) groups excluding carboxylic acids is 2. The van der Waals surface area contributed by atoms with Gasteiger partial charge in [-0.3, -0.25) is 9.59 Å². The quantitative estimate of drug-likeness (QED) is 0.713. The van der Waals surface area contributed by atoms with Gasteiger partial charge >= 0.3 is 0 Å². The van der Waals surface area contributed by atoms with Gasteiger partial charge in [0.2, 0.25) is 5.91 Å². The van der Waals surface area contributed by atoms with Gasteiger partial charge in [-0.2, -0.15) is 0 Å². The lowest BCUT2D eigenvalue weighted by molar-refractivity contribution is -0.124. The van der Waals surface area contributed by atoms with Gasteiger partial charge < -0.3 is 14.8 Å². The summed E-state index contributed by atoms with van der Waals surface area (Å²) in [5.41, 5.74) is 0.410. The third-order valence-corrected chi connectivity index (χ3v) is 5.06. The third-order valence-electron chi connectivity index (χ3n) is 4.63. The number of hydrogen-bond donors (Lipinski definition) is 1. The molecule has 1 N–H and O–H groups in total. The van der Waals surface area contributed by atoms with E-state index in [4.69, 9.17) is 23.2 Å². The van der Waals surface area contributed by atoms with Gasteiger partial charge in [0.05, 0.1) is 6.33 Å². The van der Waals surface area contributed by atoms with E-state index in [-0.39, 0.29) is 11.8 Å². The molecule has 1 atom stereocenters. The number of unbranched alkanes of at least 4 members (excludes halogenated alkanes) is 1. The lowest BCUT2D eigenvalue weighted by Gasteiger charge is -2.24. The average Bonchev–Trinajstić information content (AvgIpc) is 3.31. The van der Waals surface area contributed by atoms with Gasteiger partial charge in [0.25, 0.3) is 5.91 Å². The molecule has 0 spiro atoms. The van der Waals surface area contributed by atoms with E-state index >= 15 is 0 Å². The first-order valence-corrected chi connectivity index (χ1v) is 9.81. The Morgan fingerprint density at radius 1 is 1.19 bits per heavy atom. The summed E-state index contributed by atoms with van der Waals surface area (Å²) in [6, 6.07) is 4.31. The predicted octanol–water partition coefficient (Wildman–Crippen LogP) is 3.39. The van der Waals surface area contributed by atoms with Crippen LogP contribution in [-0.4, -0.2) is 45.4 Å². The first-order valence-electron chi connectivity index (χ1n) is 9.05. The Morgan fingerprint density at radius 3 is 2.67 bits per heavy atom. The number of aromatic nitrogens is 2. The summed E-state index contributed by atoms with van der Waals surface area (Å²) in [7, 11) is 0. The molecule has 1 aromatic carbocycles. The smallest absolute Gasteiger partial charge is 0.254 e. The van der Waals surface area contributed by atoms with Gasteiger partial charge in [0, 0.05) is 47.6 Å². The van der Waals surface area contributed by atoms with Gasteiger partial charge in [0.15, 0.2) is 0 Å². The van der Waals surface area contributed by atoms with Crippen molar-refractivity contribution in [1.29, 1.82) is 0 Å². The molecule has 144 valence electrons. The van der Waals surface area contributed by atoms with Crippen molar-refractivity contribution in [3.05, 3.63) is 52.5 Å². The lowest BCUT2D eigenvalue weighted by atomic mass is 10.1. The Balaban J connectivity index is 1.50. The van der Waals surface area contributed by atoms with Crippen molar-refractivity contribution in [2.75, 3.05) is 13.1 Å². The number of amides is 2. The van der Waals surface area contributed by atoms with Crippen LogP contribution < -0.4 is 5.32 Å². The zero-order chi connectivity index (χ0) is 19.2. The standard InChI is InChI=1S/C19H22Cl2N4O2/c20-15-10-14(11-16(21)12-15)19(27)25-8-3-4-17(25)18(26)23-5-1-2-7-24-9-6-22-13-24/h6,9-13,17H,1-5,7-8H2,(H,23,26). The Kier molecular flexibility index (Phi) is 6.74. The van der Waals surface area contributed by atoms with Gasteiger partial charge in [-0.05, 0) is 43.9 Å². The molecule has 2 heterocycles. The van der Waals surface area contributed by atoms with E-state index in [1.807, 2.05) is 10.8 Å². The molecule has 27 heavy (non-hydrogen) atoms. The fourth-order valence-corrected chi connectivity index (χ4v) is 3.82. The van der Waals surface area contributed by atoms with Crippen molar-refractivity contribution in [3.63, 3.8) is 0 Å². The molecule has 1 aliphatic rings. The zero-order valence-electron chi connectivity index (χ0n) is 14.9. The summed E-state index contributed by atoms with van der Waals surface area (Å²) < 4.78 is 2.01. The maximum atomic E-state index is 12.8. The first-order chi connectivity index (χ1) is 13.0. The van der Waals surface area contributed by atoms with E-state index in [1.165, 1.54) is 0 Å². The van der Waals surface area contributed by atoms with Gasteiger partial charge in [-0.1, -0.05) is 23.2 Å². The lowest BCUT2D eigenvalue weighted by Crippen LogP contribution is -2.46. The van der Waals surface area contributed by atoms with Crippen LogP contribution >= 0.6 is 23.2 Å². The maximum absolute atomic E-state index is 12.8. The van der Waals surface area contributed by atoms with Gasteiger partial charge in [0.1, 0.15) is 6.04 Å². The number of aryl methyl sites for hydroxylation is 1. The molecule has 0 aliphatic carbocycles. The number of imidazole rings is 1. The van der Waals surface area contributed by atoms with E-state index < -0.39 is 6.04 Å². The van der Waals surface area contributed by atoms with Crippen molar-refractivity contribution >= 4 is 35.0 Å². The highest BCUT2D eigenvalue weighted by Crippen LogP contribution is 2.24. The summed E-state index contributed by atoms with van der Waals surface area (Å²) in [5, 5.41) is 3.77. The molecule has 1 aliphatic heterocycles. The van der Waals surface area contributed by atoms with Crippen LogP contribution in [-0.2, 0) is 11.3 Å². The number of halogens is 2. The summed E-state index contributed by atoms with van der Waals surface area (Å²) in [6.07, 6.45) is 8.74. The molecule has 6 nitrogen and oxygen atoms in total. The van der Waals surface area contributed by atoms with Crippen molar-refractivity contribution < 1.29 is 9.59 Å². The van der Waals surface area contributed by atoms with Crippen molar-refractivity contribution in [1.82, 2.24) is 19.8 Å². The Hall–Kier alpha value is -2.05. The largest absolute Gasteiger partial charge is 0.354 e. The molecule has 0 bridgehead atoms. The molecule has 1 unspecified atom stereocenters. The second-order valence-corrected chi connectivity index (χ2v) is 7.49. The minimum absolute atomic E-state index is 0.100. The molecule has 2 amide bonds. The van der Waals surface area contributed by atoms with Gasteiger partial charge in [-0.15, -0.1) is 0 Å². The third kappa shape index (κ3) is 5.23. The topological polar surface area (TPSA) is 67.2 Å². The molecule has 0 radical (unpaired) electrons. The minimum atomic E-state index is -0.441. The van der Waals surface area contributed by atoms with Crippen LogP contribution in [0.1, 0.15) is 36.0 Å². The van der Waals surface area contributed by atoms with Crippen LogP contribution in [0.15, 0.2) is 36.9 Å². The number of likely N-dealkylation sites (tertiary alicyclic amines) is 1. The molecule has 3 rings (SSSR count). The van der Waals surface area contributed by atoms with E-state index in [1.54, 1.807) is 35.6 Å². The molecule has 1 fully saturated rings. The highest BCUT2D eigenvalue weighted by atomic mass is 35.5. The van der Waals surface area contributed by atoms with E-state index in [0.717, 1.165) is 25.8 Å². The normalized spacial score (nSPS) is 16.5. The van der Waals surface area contributed by atoms with Crippen LogP contribution in [0.5, 0.6) is 0 Å². The molecule has 0 saturated carbocycles. The number of benzene rings is 1. The van der Waals surface area contributed by atoms with Crippen LogP contribution in [0.2, 0.25) is 10.0 Å². The van der Waals surface area contributed by atoms with Crippen molar-refractivity contribution in [2.45, 2.75) is 38.3 Å². The highest BCUT2D eigenvalue weighted by Gasteiger charge is 2.34. The number of hydrogen-bond acceptors (Lipinski definition) is 3. The minimum Gasteiger partial charge on any atom is -0.354 e. The SMILES string of the molecule is O=C(NCCCCn1ccnc1)C1CCCN1C(=O)c1cc(Cl)cc(Cl)c1.